The fraction of sp³-hybridized carbons (Fsp3) is 0.296. The van der Waals surface area contributed by atoms with Crippen LogP contribution in [0.2, 0.25) is 0 Å². The third-order valence-electron chi connectivity index (χ3n) is 5.69. The average Bonchev–Trinajstić information content (AvgIpc) is 2.85. The number of hydrogen-bond acceptors (Lipinski definition) is 9. The second kappa shape index (κ2) is 11.8. The molecule has 3 aromatic rings. The normalized spacial score (nSPS) is 12.2. The molecule has 39 heavy (non-hydrogen) atoms. The molecule has 0 unspecified atom stereocenters. The molecule has 0 aliphatic heterocycles. The minimum absolute atomic E-state index is 0.0105. The van der Waals surface area contributed by atoms with E-state index < -0.39 is 49.4 Å². The third kappa shape index (κ3) is 6.17. The van der Waals surface area contributed by atoms with Crippen molar-refractivity contribution in [2.24, 2.45) is 0 Å². The van der Waals surface area contributed by atoms with E-state index in [1.54, 1.807) is 19.2 Å². The topological polar surface area (TPSA) is 128 Å². The summed E-state index contributed by atoms with van der Waals surface area (Å²) < 4.78 is 65.5. The Morgan fingerprint density at radius 1 is 1.18 bits per heavy atom. The molecular weight excluding hydrogens is 532 g/mol. The molecule has 2 aromatic heterocycles. The molecule has 0 saturated carbocycles. The lowest BCUT2D eigenvalue weighted by Crippen LogP contribution is -2.18. The maximum absolute atomic E-state index is 15.6. The molecule has 0 spiro atoms. The Morgan fingerprint density at radius 3 is 2.46 bits per heavy atom. The molecule has 0 atom stereocenters. The van der Waals surface area contributed by atoms with E-state index in [-0.39, 0.29) is 29.7 Å². The van der Waals surface area contributed by atoms with Gasteiger partial charge < -0.3 is 19.9 Å². The van der Waals surface area contributed by atoms with Crippen LogP contribution in [0.1, 0.15) is 43.5 Å². The predicted molar refractivity (Wildman–Crippen MR) is 144 cm³/mol. The number of aryl methyl sites for hydroxylation is 1. The van der Waals surface area contributed by atoms with Crippen molar-refractivity contribution in [1.29, 1.82) is 0 Å². The number of rotatable bonds is 9. The number of pyridine rings is 2. The average molecular weight is 562 g/mol. The number of carbonyl (C=O) groups is 1. The van der Waals surface area contributed by atoms with Gasteiger partial charge in [0, 0.05) is 12.5 Å². The summed E-state index contributed by atoms with van der Waals surface area (Å²) in [7, 11) is -3.08. The molecule has 0 fully saturated rings. The highest BCUT2D eigenvalue weighted by atomic mass is 32.2. The van der Waals surface area contributed by atoms with Gasteiger partial charge in [0.05, 0.1) is 36.2 Å². The van der Waals surface area contributed by atoms with Crippen molar-refractivity contribution in [2.45, 2.75) is 33.6 Å². The monoisotopic (exact) mass is 561 g/mol. The van der Waals surface area contributed by atoms with E-state index in [2.05, 4.69) is 15.3 Å². The first kappa shape index (κ1) is 29.5. The molecule has 0 amide bonds. The lowest BCUT2D eigenvalue weighted by atomic mass is 10.0. The number of aliphatic hydroxyl groups is 1. The van der Waals surface area contributed by atoms with Crippen molar-refractivity contribution < 1.29 is 36.6 Å². The Morgan fingerprint density at radius 2 is 1.87 bits per heavy atom. The summed E-state index contributed by atoms with van der Waals surface area (Å²) in [6.07, 6.45) is 2.30. The number of nitrogens with zero attached hydrogens (tertiary/aromatic N) is 2. The van der Waals surface area contributed by atoms with Crippen molar-refractivity contribution in [2.75, 3.05) is 25.3 Å². The van der Waals surface area contributed by atoms with Crippen LogP contribution < -0.4 is 10.1 Å². The summed E-state index contributed by atoms with van der Waals surface area (Å²) in [6.45, 7) is 6.83. The maximum Gasteiger partial charge on any atom is 0.353 e. The van der Waals surface area contributed by atoms with Crippen LogP contribution in [0.15, 0.2) is 41.4 Å². The summed E-state index contributed by atoms with van der Waals surface area (Å²) in [6, 6.07) is 6.36. The van der Waals surface area contributed by atoms with Crippen LogP contribution in [-0.4, -0.2) is 49.4 Å². The summed E-state index contributed by atoms with van der Waals surface area (Å²) in [5.74, 6) is -4.73. The number of nitrogens with one attached hydrogen (secondary N) is 1. The molecule has 2 N–H and O–H groups in total. The maximum atomic E-state index is 15.6. The summed E-state index contributed by atoms with van der Waals surface area (Å²) in [5, 5.41) is 14.1. The van der Waals surface area contributed by atoms with Gasteiger partial charge in [0.1, 0.15) is 23.1 Å². The van der Waals surface area contributed by atoms with Crippen molar-refractivity contribution >= 4 is 33.1 Å². The zero-order chi connectivity index (χ0) is 29.1. The molecule has 12 heteroatoms. The number of halogens is 2. The zero-order valence-electron chi connectivity index (χ0n) is 22.3. The number of esters is 1. The highest BCUT2D eigenvalue weighted by molar-refractivity contribution is 7.95. The molecule has 9 nitrogen and oxygen atoms in total. The fourth-order valence-corrected chi connectivity index (χ4v) is 4.71. The quantitative estimate of drug-likeness (QED) is 0.199. The Balaban J connectivity index is 2.44. The van der Waals surface area contributed by atoms with Crippen LogP contribution in [-0.2, 0) is 19.4 Å². The van der Waals surface area contributed by atoms with Crippen molar-refractivity contribution in [3.63, 3.8) is 0 Å². The largest absolute Gasteiger partial charge is 0.506 e. The Bertz CT molecular complexity index is 1560. The van der Waals surface area contributed by atoms with Crippen LogP contribution in [0.25, 0.3) is 17.0 Å². The van der Waals surface area contributed by atoms with Crippen LogP contribution >= 0.6 is 0 Å². The molecule has 0 radical (unpaired) electrons. The van der Waals surface area contributed by atoms with Crippen LogP contribution in [0.5, 0.6) is 5.75 Å². The highest BCUT2D eigenvalue weighted by Crippen LogP contribution is 2.38. The number of aromatic nitrogens is 2. The lowest BCUT2D eigenvalue weighted by molar-refractivity contribution is -0.137. The first-order valence-corrected chi connectivity index (χ1v) is 13.8. The van der Waals surface area contributed by atoms with E-state index in [0.717, 1.165) is 12.1 Å². The van der Waals surface area contributed by atoms with E-state index in [1.165, 1.54) is 26.2 Å². The van der Waals surface area contributed by atoms with Crippen molar-refractivity contribution in [1.82, 2.24) is 9.97 Å². The second-order valence-electron chi connectivity index (χ2n) is 8.87. The molecule has 208 valence electrons. The van der Waals surface area contributed by atoms with Crippen LogP contribution in [0, 0.1) is 18.6 Å². The second-order valence-corrected chi connectivity index (χ2v) is 10.8. The molecule has 0 bridgehead atoms. The van der Waals surface area contributed by atoms with Gasteiger partial charge in [0.15, 0.2) is 26.3 Å². The Hall–Kier alpha value is -4.06. The van der Waals surface area contributed by atoms with Gasteiger partial charge in [0.25, 0.3) is 0 Å². The van der Waals surface area contributed by atoms with Gasteiger partial charge in [-0.1, -0.05) is 19.9 Å². The minimum atomic E-state index is -4.36. The Kier molecular flexibility index (Phi) is 8.90. The van der Waals surface area contributed by atoms with Gasteiger partial charge in [-0.3, -0.25) is 4.98 Å². The first-order chi connectivity index (χ1) is 18.3. The van der Waals surface area contributed by atoms with E-state index in [9.17, 15) is 22.7 Å². The number of anilines is 2. The van der Waals surface area contributed by atoms with Crippen molar-refractivity contribution in [3.8, 4) is 17.0 Å². The lowest BCUT2D eigenvalue weighted by Gasteiger charge is -2.20. The molecule has 0 saturated heterocycles. The van der Waals surface area contributed by atoms with E-state index in [0.29, 0.717) is 23.2 Å². The zero-order valence-corrected chi connectivity index (χ0v) is 23.1. The van der Waals surface area contributed by atoms with E-state index >= 15 is 4.39 Å². The number of carbonyl (C=O) groups excluding carboxylic acids is 1. The van der Waals surface area contributed by atoms with E-state index in [1.807, 2.05) is 13.8 Å². The smallest absolute Gasteiger partial charge is 0.353 e. The standard InChI is InChI=1S/C27H29F2N3O6S/c1-7-38-27(34)25(39(6,35)36)24(33)16-13-18(29)23(20-17(28)9-8-10-19(20)37-5)32-26(16)31-22-15(4)11-12-30-21(22)14(2)3/h8-14,33H,7H2,1-6H3,(H,31,32)/b25-24+. The van der Waals surface area contributed by atoms with Gasteiger partial charge >= 0.3 is 5.97 Å². The van der Waals surface area contributed by atoms with Gasteiger partial charge in [-0.25, -0.2) is 27.0 Å². The van der Waals surface area contributed by atoms with Gasteiger partial charge in [-0.2, -0.15) is 0 Å². The predicted octanol–water partition coefficient (Wildman–Crippen LogP) is 5.44. The number of aliphatic hydroxyl groups excluding tert-OH is 1. The Labute approximate surface area is 225 Å². The molecule has 3 rings (SSSR count). The molecule has 0 aliphatic rings. The summed E-state index contributed by atoms with van der Waals surface area (Å²) in [5.41, 5.74) is 0.495. The number of hydrogen-bond donors (Lipinski definition) is 2. The minimum Gasteiger partial charge on any atom is -0.506 e. The summed E-state index contributed by atoms with van der Waals surface area (Å²) >= 11 is 0. The number of methoxy groups -OCH3 is 1. The molecule has 1 aromatic carbocycles. The third-order valence-corrected chi connectivity index (χ3v) is 6.79. The van der Waals surface area contributed by atoms with E-state index in [4.69, 9.17) is 9.47 Å². The molecule has 2 heterocycles. The number of ether oxygens (including phenoxy) is 2. The fourth-order valence-electron chi connectivity index (χ4n) is 3.88. The highest BCUT2D eigenvalue weighted by Gasteiger charge is 2.31. The van der Waals surface area contributed by atoms with Gasteiger partial charge in [-0.15, -0.1) is 0 Å². The van der Waals surface area contributed by atoms with Crippen LogP contribution in [0.3, 0.4) is 0 Å². The van der Waals surface area contributed by atoms with Crippen LogP contribution in [0.4, 0.5) is 20.3 Å². The van der Waals surface area contributed by atoms with Gasteiger partial charge in [0.2, 0.25) is 0 Å². The number of sulfone groups is 1. The first-order valence-electron chi connectivity index (χ1n) is 11.9. The van der Waals surface area contributed by atoms with Gasteiger partial charge in [-0.05, 0) is 49.6 Å². The molecule has 0 aliphatic carbocycles. The summed E-state index contributed by atoms with van der Waals surface area (Å²) in [4.78, 5) is 20.1. The van der Waals surface area contributed by atoms with Crippen molar-refractivity contribution in [3.05, 3.63) is 69.9 Å². The molecular formula is C27H29F2N3O6S. The SMILES string of the molecule is CCOC(=O)/C(=C(\O)c1cc(F)c(-c2c(F)cccc2OC)nc1Nc1c(C)ccnc1C(C)C)S(C)(=O)=O. The number of benzene rings is 1.